The largest absolute Gasteiger partial charge is 0.379 e. The molecular formula is C20H20O3S. The maximum Gasteiger partial charge on any atom is 0.339 e. The van der Waals surface area contributed by atoms with Gasteiger partial charge in [0.15, 0.2) is 0 Å². The van der Waals surface area contributed by atoms with Gasteiger partial charge in [-0.15, -0.1) is 0 Å². The van der Waals surface area contributed by atoms with E-state index in [1.54, 1.807) is 25.1 Å². The Morgan fingerprint density at radius 2 is 1.58 bits per heavy atom. The monoisotopic (exact) mass is 340 g/mol. The second-order valence-corrected chi connectivity index (χ2v) is 7.74. The molecule has 0 unspecified atom stereocenters. The summed E-state index contributed by atoms with van der Waals surface area (Å²) in [4.78, 5) is 0.224. The molecule has 0 aliphatic heterocycles. The molecule has 0 spiro atoms. The number of rotatable bonds is 4. The average Bonchev–Trinajstić information content (AvgIpc) is 2.54. The SMILES string of the molecule is Cc1ccc(C(C)C)cc1S(=O)(=O)Oc1ccc2ccccc2c1. The highest BCUT2D eigenvalue weighted by Gasteiger charge is 2.20. The molecule has 0 N–H and O–H groups in total. The van der Waals surface area contributed by atoms with Crippen LogP contribution in [-0.4, -0.2) is 8.42 Å². The maximum absolute atomic E-state index is 12.7. The Bertz CT molecular complexity index is 989. The van der Waals surface area contributed by atoms with Gasteiger partial charge in [-0.1, -0.05) is 56.3 Å². The van der Waals surface area contributed by atoms with Crippen LogP contribution in [0.15, 0.2) is 65.6 Å². The first kappa shape index (κ1) is 16.5. The Hall–Kier alpha value is -2.33. The fourth-order valence-corrected chi connectivity index (χ4v) is 3.83. The Labute approximate surface area is 143 Å². The molecule has 0 radical (unpaired) electrons. The molecule has 0 saturated heterocycles. The van der Waals surface area contributed by atoms with E-state index < -0.39 is 10.1 Å². The highest BCUT2D eigenvalue weighted by Crippen LogP contribution is 2.27. The van der Waals surface area contributed by atoms with E-state index in [1.807, 2.05) is 56.3 Å². The van der Waals surface area contributed by atoms with Crippen molar-refractivity contribution in [1.82, 2.24) is 0 Å². The number of hydrogen-bond acceptors (Lipinski definition) is 3. The van der Waals surface area contributed by atoms with Gasteiger partial charge in [0.05, 0.1) is 0 Å². The van der Waals surface area contributed by atoms with Crippen LogP contribution in [0.1, 0.15) is 30.9 Å². The van der Waals surface area contributed by atoms with E-state index in [-0.39, 0.29) is 10.8 Å². The number of aryl methyl sites for hydroxylation is 1. The van der Waals surface area contributed by atoms with Gasteiger partial charge < -0.3 is 4.18 Å². The second-order valence-electron chi connectivity index (χ2n) is 6.23. The van der Waals surface area contributed by atoms with Crippen molar-refractivity contribution in [3.63, 3.8) is 0 Å². The van der Waals surface area contributed by atoms with Crippen LogP contribution >= 0.6 is 0 Å². The van der Waals surface area contributed by atoms with Crippen molar-refractivity contribution >= 4 is 20.9 Å². The standard InChI is InChI=1S/C20H20O3S/c1-14(2)17-9-8-15(3)20(13-17)24(21,22)23-19-11-10-16-6-4-5-7-18(16)12-19/h4-14H,1-3H3. The molecule has 3 rings (SSSR count). The van der Waals surface area contributed by atoms with Crippen LogP contribution in [0.4, 0.5) is 0 Å². The molecule has 0 aliphatic carbocycles. The highest BCUT2D eigenvalue weighted by molar-refractivity contribution is 7.87. The van der Waals surface area contributed by atoms with E-state index in [2.05, 4.69) is 0 Å². The van der Waals surface area contributed by atoms with Gasteiger partial charge in [0, 0.05) is 0 Å². The van der Waals surface area contributed by atoms with Crippen molar-refractivity contribution in [3.05, 3.63) is 71.8 Å². The molecule has 3 aromatic rings. The van der Waals surface area contributed by atoms with Gasteiger partial charge in [0.25, 0.3) is 0 Å². The van der Waals surface area contributed by atoms with E-state index in [1.165, 1.54) is 0 Å². The summed E-state index contributed by atoms with van der Waals surface area (Å²) < 4.78 is 30.8. The Kier molecular flexibility index (Phi) is 4.33. The summed E-state index contributed by atoms with van der Waals surface area (Å²) >= 11 is 0. The highest BCUT2D eigenvalue weighted by atomic mass is 32.2. The van der Waals surface area contributed by atoms with Crippen molar-refractivity contribution in [2.45, 2.75) is 31.6 Å². The van der Waals surface area contributed by atoms with Gasteiger partial charge in [0.2, 0.25) is 0 Å². The van der Waals surface area contributed by atoms with Crippen LogP contribution in [0.5, 0.6) is 5.75 Å². The normalized spacial score (nSPS) is 11.8. The molecule has 3 aromatic carbocycles. The van der Waals surface area contributed by atoms with Crippen LogP contribution in [0.2, 0.25) is 0 Å². The molecule has 0 aromatic heterocycles. The van der Waals surface area contributed by atoms with Crippen LogP contribution in [0.3, 0.4) is 0 Å². The first-order valence-electron chi connectivity index (χ1n) is 7.91. The van der Waals surface area contributed by atoms with Gasteiger partial charge in [-0.2, -0.15) is 8.42 Å². The first-order chi connectivity index (χ1) is 11.4. The average molecular weight is 340 g/mol. The lowest BCUT2D eigenvalue weighted by molar-refractivity contribution is 0.485. The molecule has 0 amide bonds. The summed E-state index contributed by atoms with van der Waals surface area (Å²) in [5.74, 6) is 0.572. The third-order valence-corrected chi connectivity index (χ3v) is 5.47. The zero-order valence-electron chi connectivity index (χ0n) is 14.0. The smallest absolute Gasteiger partial charge is 0.339 e. The van der Waals surface area contributed by atoms with E-state index >= 15 is 0 Å². The van der Waals surface area contributed by atoms with Crippen LogP contribution in [-0.2, 0) is 10.1 Å². The van der Waals surface area contributed by atoms with Gasteiger partial charge in [-0.25, -0.2) is 0 Å². The third kappa shape index (κ3) is 3.29. The molecule has 0 fully saturated rings. The van der Waals surface area contributed by atoms with Crippen molar-refractivity contribution in [3.8, 4) is 5.75 Å². The van der Waals surface area contributed by atoms with Crippen LogP contribution in [0.25, 0.3) is 10.8 Å². The molecule has 124 valence electrons. The number of fused-ring (bicyclic) bond motifs is 1. The molecule has 0 atom stereocenters. The number of hydrogen-bond donors (Lipinski definition) is 0. The molecule has 24 heavy (non-hydrogen) atoms. The second kappa shape index (κ2) is 6.29. The molecule has 3 nitrogen and oxygen atoms in total. The molecule has 0 saturated carbocycles. The fourth-order valence-electron chi connectivity index (χ4n) is 2.64. The molecule has 4 heteroatoms. The van der Waals surface area contributed by atoms with E-state index in [9.17, 15) is 8.42 Å². The molecule has 0 aliphatic rings. The van der Waals surface area contributed by atoms with Gasteiger partial charge >= 0.3 is 10.1 Å². The van der Waals surface area contributed by atoms with Gasteiger partial charge in [-0.05, 0) is 52.9 Å². The first-order valence-corrected chi connectivity index (χ1v) is 9.31. The summed E-state index contributed by atoms with van der Waals surface area (Å²) in [6.07, 6.45) is 0. The quantitative estimate of drug-likeness (QED) is 0.625. The predicted molar refractivity (Wildman–Crippen MR) is 97.0 cm³/mol. The summed E-state index contributed by atoms with van der Waals surface area (Å²) in [6, 6.07) is 18.5. The van der Waals surface area contributed by atoms with Crippen LogP contribution < -0.4 is 4.18 Å². The minimum absolute atomic E-state index is 0.224. The van der Waals surface area contributed by atoms with E-state index in [0.29, 0.717) is 11.3 Å². The van der Waals surface area contributed by atoms with Crippen molar-refractivity contribution < 1.29 is 12.6 Å². The van der Waals surface area contributed by atoms with E-state index in [0.717, 1.165) is 16.3 Å². The summed E-state index contributed by atoms with van der Waals surface area (Å²) in [5.41, 5.74) is 1.65. The van der Waals surface area contributed by atoms with Gasteiger partial charge in [0.1, 0.15) is 10.6 Å². The van der Waals surface area contributed by atoms with Crippen molar-refractivity contribution in [1.29, 1.82) is 0 Å². The minimum Gasteiger partial charge on any atom is -0.379 e. The zero-order chi connectivity index (χ0) is 17.3. The lowest BCUT2D eigenvalue weighted by Crippen LogP contribution is -2.12. The van der Waals surface area contributed by atoms with Crippen molar-refractivity contribution in [2.24, 2.45) is 0 Å². The van der Waals surface area contributed by atoms with Crippen LogP contribution in [0, 0.1) is 6.92 Å². The van der Waals surface area contributed by atoms with Crippen molar-refractivity contribution in [2.75, 3.05) is 0 Å². The molecular weight excluding hydrogens is 320 g/mol. The Morgan fingerprint density at radius 1 is 0.875 bits per heavy atom. The summed E-state index contributed by atoms with van der Waals surface area (Å²) in [6.45, 7) is 5.84. The lowest BCUT2D eigenvalue weighted by Gasteiger charge is -2.13. The summed E-state index contributed by atoms with van der Waals surface area (Å²) in [7, 11) is -3.87. The van der Waals surface area contributed by atoms with E-state index in [4.69, 9.17) is 4.18 Å². The predicted octanol–water partition coefficient (Wildman–Crippen LogP) is 5.04. The number of benzene rings is 3. The lowest BCUT2D eigenvalue weighted by atomic mass is 10.0. The summed E-state index contributed by atoms with van der Waals surface area (Å²) in [5, 5.41) is 1.98. The third-order valence-electron chi connectivity index (χ3n) is 4.08. The molecule has 0 heterocycles. The Balaban J connectivity index is 1.99. The zero-order valence-corrected chi connectivity index (χ0v) is 14.8. The topological polar surface area (TPSA) is 43.4 Å². The maximum atomic E-state index is 12.7. The fraction of sp³-hybridized carbons (Fsp3) is 0.200. The minimum atomic E-state index is -3.87. The van der Waals surface area contributed by atoms with Gasteiger partial charge in [-0.3, -0.25) is 0 Å². The molecule has 0 bridgehead atoms. The Morgan fingerprint density at radius 3 is 2.29 bits per heavy atom.